The Bertz CT molecular complexity index is 431. The van der Waals surface area contributed by atoms with E-state index >= 15 is 0 Å². The van der Waals surface area contributed by atoms with E-state index in [9.17, 15) is 0 Å². The highest BCUT2D eigenvalue weighted by Gasteiger charge is 2.64. The minimum Gasteiger partial charge on any atom is -0.347 e. The summed E-state index contributed by atoms with van der Waals surface area (Å²) in [6.07, 6.45) is 11.8. The highest BCUT2D eigenvalue weighted by molar-refractivity contribution is 5.32. The average molecular weight is 274 g/mol. The smallest absolute Gasteiger partial charge is 0.178 e. The van der Waals surface area contributed by atoms with E-state index in [2.05, 4.69) is 32.2 Å². The van der Waals surface area contributed by atoms with E-state index in [1.54, 1.807) is 0 Å². The van der Waals surface area contributed by atoms with Crippen LogP contribution in [0.15, 0.2) is 37.0 Å². The first kappa shape index (κ1) is 14.1. The second-order valence-corrected chi connectivity index (χ2v) is 6.61. The van der Waals surface area contributed by atoms with Gasteiger partial charge in [-0.15, -0.1) is 13.2 Å². The van der Waals surface area contributed by atoms with Gasteiger partial charge < -0.3 is 9.47 Å². The zero-order valence-corrected chi connectivity index (χ0v) is 12.6. The average Bonchev–Trinajstić information content (AvgIpc) is 3.00. The number of fused-ring (bicyclic) bond motifs is 2. The number of hydrogen-bond acceptors (Lipinski definition) is 2. The van der Waals surface area contributed by atoms with Crippen LogP contribution in [0.5, 0.6) is 0 Å². The van der Waals surface area contributed by atoms with Crippen molar-refractivity contribution in [2.75, 3.05) is 13.2 Å². The maximum atomic E-state index is 6.25. The molecule has 1 aliphatic heterocycles. The Balaban J connectivity index is 2.07. The van der Waals surface area contributed by atoms with Gasteiger partial charge in [0.25, 0.3) is 0 Å². The van der Waals surface area contributed by atoms with Crippen LogP contribution in [0.1, 0.15) is 39.0 Å². The molecule has 2 heteroatoms. The summed E-state index contributed by atoms with van der Waals surface area (Å²) in [5.41, 5.74) is 1.46. The van der Waals surface area contributed by atoms with Crippen molar-refractivity contribution in [3.63, 3.8) is 0 Å². The Morgan fingerprint density at radius 2 is 2.05 bits per heavy atom. The van der Waals surface area contributed by atoms with Crippen LogP contribution in [0, 0.1) is 17.3 Å². The Morgan fingerprint density at radius 3 is 2.70 bits per heavy atom. The van der Waals surface area contributed by atoms with Crippen molar-refractivity contribution in [1.29, 1.82) is 0 Å². The van der Waals surface area contributed by atoms with Gasteiger partial charge in [0, 0.05) is 6.42 Å². The molecular weight excluding hydrogens is 248 g/mol. The molecule has 3 atom stereocenters. The third-order valence-electron chi connectivity index (χ3n) is 5.49. The van der Waals surface area contributed by atoms with Crippen LogP contribution in [-0.4, -0.2) is 19.0 Å². The summed E-state index contributed by atoms with van der Waals surface area (Å²) >= 11 is 0. The molecule has 1 saturated heterocycles. The highest BCUT2D eigenvalue weighted by Crippen LogP contribution is 2.64. The van der Waals surface area contributed by atoms with E-state index in [0.717, 1.165) is 38.9 Å². The Labute approximate surface area is 122 Å². The van der Waals surface area contributed by atoms with E-state index in [4.69, 9.17) is 9.47 Å². The molecular formula is C18H26O2. The standard InChI is InChI=1S/C18H26O2/c1-4-6-15-7-8-16-12-14(3)13-18(19-10-11-20-18)17(15,16)9-5-2/h4-5,7,14,16H,1-2,6,8-13H2,3H3/t14-,16-,17-/m1/s1. The fourth-order valence-corrected chi connectivity index (χ4v) is 4.93. The van der Waals surface area contributed by atoms with E-state index in [1.807, 2.05) is 6.08 Å². The van der Waals surface area contributed by atoms with Crippen molar-refractivity contribution >= 4 is 0 Å². The second-order valence-electron chi connectivity index (χ2n) is 6.61. The molecule has 110 valence electrons. The van der Waals surface area contributed by atoms with Crippen molar-refractivity contribution in [1.82, 2.24) is 0 Å². The Hall–Kier alpha value is -0.860. The summed E-state index contributed by atoms with van der Waals surface area (Å²) in [6.45, 7) is 11.7. The molecule has 3 rings (SSSR count). The molecule has 1 heterocycles. The van der Waals surface area contributed by atoms with Gasteiger partial charge in [0.1, 0.15) is 0 Å². The van der Waals surface area contributed by atoms with Gasteiger partial charge in [-0.25, -0.2) is 0 Å². The van der Waals surface area contributed by atoms with Gasteiger partial charge in [0.15, 0.2) is 5.79 Å². The first-order valence-corrected chi connectivity index (χ1v) is 7.88. The summed E-state index contributed by atoms with van der Waals surface area (Å²) in [4.78, 5) is 0. The van der Waals surface area contributed by atoms with E-state index in [1.165, 1.54) is 12.0 Å². The summed E-state index contributed by atoms with van der Waals surface area (Å²) in [6, 6.07) is 0. The van der Waals surface area contributed by atoms with Gasteiger partial charge in [-0.1, -0.05) is 30.7 Å². The predicted molar refractivity (Wildman–Crippen MR) is 81.3 cm³/mol. The monoisotopic (exact) mass is 274 g/mol. The van der Waals surface area contributed by atoms with Gasteiger partial charge in [-0.2, -0.15) is 0 Å². The van der Waals surface area contributed by atoms with Crippen molar-refractivity contribution in [2.45, 2.75) is 44.8 Å². The predicted octanol–water partition coefficient (Wildman–Crippen LogP) is 4.24. The van der Waals surface area contributed by atoms with E-state index in [0.29, 0.717) is 11.8 Å². The van der Waals surface area contributed by atoms with Crippen molar-refractivity contribution in [3.05, 3.63) is 37.0 Å². The molecule has 2 nitrogen and oxygen atoms in total. The molecule has 0 unspecified atom stereocenters. The lowest BCUT2D eigenvalue weighted by Gasteiger charge is -2.54. The molecule has 0 aromatic heterocycles. The minimum atomic E-state index is -0.422. The van der Waals surface area contributed by atoms with Gasteiger partial charge in [-0.3, -0.25) is 0 Å². The molecule has 2 aliphatic carbocycles. The number of ether oxygens (including phenoxy) is 2. The van der Waals surface area contributed by atoms with Crippen LogP contribution in [-0.2, 0) is 9.47 Å². The topological polar surface area (TPSA) is 18.5 Å². The third kappa shape index (κ3) is 1.78. The van der Waals surface area contributed by atoms with Crippen molar-refractivity contribution < 1.29 is 9.47 Å². The maximum Gasteiger partial charge on any atom is 0.178 e. The molecule has 0 aromatic carbocycles. The highest BCUT2D eigenvalue weighted by atomic mass is 16.7. The molecule has 0 aromatic rings. The first-order chi connectivity index (χ1) is 9.68. The van der Waals surface area contributed by atoms with E-state index < -0.39 is 5.79 Å². The fraction of sp³-hybridized carbons (Fsp3) is 0.667. The second kappa shape index (κ2) is 5.16. The Morgan fingerprint density at radius 1 is 1.30 bits per heavy atom. The van der Waals surface area contributed by atoms with Crippen molar-refractivity contribution in [3.8, 4) is 0 Å². The molecule has 1 spiro atoms. The van der Waals surface area contributed by atoms with Crippen LogP contribution >= 0.6 is 0 Å². The van der Waals surface area contributed by atoms with Crippen LogP contribution in [0.25, 0.3) is 0 Å². The lowest BCUT2D eigenvalue weighted by molar-refractivity contribution is -0.265. The van der Waals surface area contributed by atoms with Gasteiger partial charge in [0.05, 0.1) is 18.6 Å². The zero-order valence-electron chi connectivity index (χ0n) is 12.6. The van der Waals surface area contributed by atoms with Crippen LogP contribution in [0.4, 0.5) is 0 Å². The number of allylic oxidation sites excluding steroid dienone is 3. The number of hydrogen-bond donors (Lipinski definition) is 0. The molecule has 0 amide bonds. The van der Waals surface area contributed by atoms with Gasteiger partial charge in [-0.05, 0) is 37.5 Å². The quantitative estimate of drug-likeness (QED) is 0.714. The SMILES string of the molecule is C=CCC1=CC[C@@H]2C[C@@H](C)CC3(OCCO3)[C@]12CC=C. The van der Waals surface area contributed by atoms with Crippen LogP contribution < -0.4 is 0 Å². The summed E-state index contributed by atoms with van der Waals surface area (Å²) in [7, 11) is 0. The first-order valence-electron chi connectivity index (χ1n) is 7.88. The lowest BCUT2D eigenvalue weighted by Crippen LogP contribution is -2.57. The minimum absolute atomic E-state index is 0.00799. The summed E-state index contributed by atoms with van der Waals surface area (Å²) in [5.74, 6) is 0.860. The molecule has 2 fully saturated rings. The summed E-state index contributed by atoms with van der Waals surface area (Å²) < 4.78 is 12.5. The third-order valence-corrected chi connectivity index (χ3v) is 5.49. The van der Waals surface area contributed by atoms with Crippen LogP contribution in [0.2, 0.25) is 0 Å². The van der Waals surface area contributed by atoms with Crippen LogP contribution in [0.3, 0.4) is 0 Å². The molecule has 0 radical (unpaired) electrons. The fourth-order valence-electron chi connectivity index (χ4n) is 4.93. The zero-order chi connectivity index (χ0) is 14.2. The normalized spacial score (nSPS) is 38.5. The molecule has 0 N–H and O–H groups in total. The molecule has 0 bridgehead atoms. The van der Waals surface area contributed by atoms with E-state index in [-0.39, 0.29) is 5.41 Å². The molecule has 1 saturated carbocycles. The molecule has 3 aliphatic rings. The van der Waals surface area contributed by atoms with Gasteiger partial charge >= 0.3 is 0 Å². The Kier molecular flexibility index (Phi) is 3.64. The van der Waals surface area contributed by atoms with Crippen molar-refractivity contribution in [2.24, 2.45) is 17.3 Å². The van der Waals surface area contributed by atoms with Gasteiger partial charge in [0.2, 0.25) is 0 Å². The largest absolute Gasteiger partial charge is 0.347 e. The lowest BCUT2D eigenvalue weighted by atomic mass is 9.57. The summed E-state index contributed by atoms with van der Waals surface area (Å²) in [5, 5.41) is 0. The number of rotatable bonds is 4. The maximum absolute atomic E-state index is 6.25. The molecule has 20 heavy (non-hydrogen) atoms.